The minimum Gasteiger partial charge on any atom is -0.398 e. The minimum atomic E-state index is 0.861. The lowest BCUT2D eigenvalue weighted by atomic mass is 10.1. The van der Waals surface area contributed by atoms with Crippen molar-refractivity contribution >= 4 is 37.5 Å². The molecule has 1 aliphatic rings. The van der Waals surface area contributed by atoms with Crippen molar-refractivity contribution in [2.75, 3.05) is 18.8 Å². The molecule has 0 amide bonds. The van der Waals surface area contributed by atoms with Crippen LogP contribution in [0.3, 0.4) is 0 Å². The van der Waals surface area contributed by atoms with Gasteiger partial charge in [-0.3, -0.25) is 4.90 Å². The van der Waals surface area contributed by atoms with Gasteiger partial charge in [0, 0.05) is 15.5 Å². The average molecular weight is 320 g/mol. The van der Waals surface area contributed by atoms with Crippen LogP contribution in [0.25, 0.3) is 0 Å². The Morgan fingerprint density at radius 1 is 1.29 bits per heavy atom. The first kappa shape index (κ1) is 10.5. The maximum Gasteiger partial charge on any atom is 0.0504 e. The number of rotatable bonds is 2. The molecule has 1 aromatic rings. The molecule has 4 heteroatoms. The van der Waals surface area contributed by atoms with Gasteiger partial charge in [-0.1, -0.05) is 15.9 Å². The second-order valence-corrected chi connectivity index (χ2v) is 5.36. The third-order valence-corrected chi connectivity index (χ3v) is 3.64. The number of nitrogens with zero attached hydrogens (tertiary/aromatic N) is 1. The Balaban J connectivity index is 2.22. The number of hydrogen-bond acceptors (Lipinski definition) is 2. The zero-order valence-corrected chi connectivity index (χ0v) is 10.9. The zero-order valence-electron chi connectivity index (χ0n) is 7.76. The van der Waals surface area contributed by atoms with Gasteiger partial charge in [-0.2, -0.15) is 0 Å². The normalized spacial score (nSPS) is 16.7. The van der Waals surface area contributed by atoms with Crippen LogP contribution in [0.4, 0.5) is 5.69 Å². The Kier molecular flexibility index (Phi) is 3.14. The lowest BCUT2D eigenvalue weighted by molar-refractivity contribution is 0.173. The van der Waals surface area contributed by atoms with E-state index in [1.807, 2.05) is 6.07 Å². The van der Waals surface area contributed by atoms with Gasteiger partial charge in [-0.15, -0.1) is 0 Å². The summed E-state index contributed by atoms with van der Waals surface area (Å²) in [6.45, 7) is 3.36. The Labute approximate surface area is 101 Å². The summed E-state index contributed by atoms with van der Waals surface area (Å²) < 4.78 is 2.05. The molecule has 2 nitrogen and oxygen atoms in total. The van der Waals surface area contributed by atoms with Crippen LogP contribution in [-0.2, 0) is 6.54 Å². The average Bonchev–Trinajstić information content (AvgIpc) is 2.05. The van der Waals surface area contributed by atoms with E-state index in [0.717, 1.165) is 21.2 Å². The summed E-state index contributed by atoms with van der Waals surface area (Å²) >= 11 is 6.93. The molecule has 1 heterocycles. The summed E-state index contributed by atoms with van der Waals surface area (Å²) in [7, 11) is 0. The van der Waals surface area contributed by atoms with Gasteiger partial charge in [-0.05, 0) is 53.1 Å². The predicted molar refractivity (Wildman–Crippen MR) is 66.1 cm³/mol. The van der Waals surface area contributed by atoms with Gasteiger partial charge >= 0.3 is 0 Å². The molecular formula is C10H12Br2N2. The molecule has 0 bridgehead atoms. The fraction of sp³-hybridized carbons (Fsp3) is 0.400. The Bertz CT molecular complexity index is 348. The van der Waals surface area contributed by atoms with E-state index in [4.69, 9.17) is 5.73 Å². The molecule has 2 rings (SSSR count). The second kappa shape index (κ2) is 4.21. The quantitative estimate of drug-likeness (QED) is 0.849. The van der Waals surface area contributed by atoms with Gasteiger partial charge in [0.05, 0.1) is 5.69 Å². The van der Waals surface area contributed by atoms with Gasteiger partial charge in [0.15, 0.2) is 0 Å². The Morgan fingerprint density at radius 2 is 2.00 bits per heavy atom. The molecule has 0 atom stereocenters. The number of halogens is 2. The van der Waals surface area contributed by atoms with Crippen molar-refractivity contribution < 1.29 is 0 Å². The summed E-state index contributed by atoms with van der Waals surface area (Å²) in [4.78, 5) is 2.39. The first-order valence-electron chi connectivity index (χ1n) is 4.62. The van der Waals surface area contributed by atoms with Crippen LogP contribution in [0.15, 0.2) is 21.1 Å². The largest absolute Gasteiger partial charge is 0.398 e. The van der Waals surface area contributed by atoms with Crippen LogP contribution in [0.2, 0.25) is 0 Å². The Morgan fingerprint density at radius 3 is 2.57 bits per heavy atom. The maximum atomic E-state index is 5.98. The third kappa shape index (κ3) is 2.12. The van der Waals surface area contributed by atoms with Gasteiger partial charge in [0.25, 0.3) is 0 Å². The summed E-state index contributed by atoms with van der Waals surface area (Å²) in [5.41, 5.74) is 8.05. The second-order valence-electron chi connectivity index (χ2n) is 3.59. The number of benzene rings is 1. The molecular weight excluding hydrogens is 308 g/mol. The first-order chi connectivity index (χ1) is 6.66. The van der Waals surface area contributed by atoms with Gasteiger partial charge < -0.3 is 5.73 Å². The fourth-order valence-corrected chi connectivity index (χ4v) is 2.86. The van der Waals surface area contributed by atoms with E-state index < -0.39 is 0 Å². The highest BCUT2D eigenvalue weighted by Crippen LogP contribution is 2.29. The first-order valence-corrected chi connectivity index (χ1v) is 6.21. The van der Waals surface area contributed by atoms with Crippen LogP contribution >= 0.6 is 31.9 Å². The van der Waals surface area contributed by atoms with Crippen LogP contribution in [0.5, 0.6) is 0 Å². The number of hydrogen-bond donors (Lipinski definition) is 1. The van der Waals surface area contributed by atoms with Crippen molar-refractivity contribution in [3.05, 3.63) is 26.6 Å². The fourth-order valence-electron chi connectivity index (χ4n) is 1.55. The summed E-state index contributed by atoms with van der Waals surface area (Å²) in [6.07, 6.45) is 1.31. The highest BCUT2D eigenvalue weighted by atomic mass is 79.9. The molecule has 1 fully saturated rings. The predicted octanol–water partition coefficient (Wildman–Crippen LogP) is 3.00. The van der Waals surface area contributed by atoms with E-state index in [1.54, 1.807) is 0 Å². The molecule has 1 saturated heterocycles. The van der Waals surface area contributed by atoms with E-state index in [1.165, 1.54) is 25.1 Å². The van der Waals surface area contributed by atoms with Crippen LogP contribution in [0.1, 0.15) is 12.0 Å². The minimum absolute atomic E-state index is 0.861. The number of likely N-dealkylation sites (tertiary alicyclic amines) is 1. The molecule has 0 radical (unpaired) electrons. The molecule has 0 spiro atoms. The van der Waals surface area contributed by atoms with Crippen LogP contribution in [-0.4, -0.2) is 18.0 Å². The monoisotopic (exact) mass is 318 g/mol. The topological polar surface area (TPSA) is 29.3 Å². The molecule has 0 saturated carbocycles. The van der Waals surface area contributed by atoms with E-state index in [0.29, 0.717) is 0 Å². The summed E-state index contributed by atoms with van der Waals surface area (Å²) in [5, 5.41) is 0. The third-order valence-electron chi connectivity index (χ3n) is 2.52. The summed E-state index contributed by atoms with van der Waals surface area (Å²) in [6, 6.07) is 4.08. The molecule has 1 aromatic carbocycles. The maximum absolute atomic E-state index is 5.98. The van der Waals surface area contributed by atoms with Gasteiger partial charge in [0.2, 0.25) is 0 Å². The van der Waals surface area contributed by atoms with Crippen molar-refractivity contribution in [2.24, 2.45) is 0 Å². The van der Waals surface area contributed by atoms with Crippen molar-refractivity contribution in [1.29, 1.82) is 0 Å². The molecule has 14 heavy (non-hydrogen) atoms. The van der Waals surface area contributed by atoms with E-state index in [9.17, 15) is 0 Å². The van der Waals surface area contributed by atoms with Crippen molar-refractivity contribution in [2.45, 2.75) is 13.0 Å². The SMILES string of the molecule is Nc1c(Br)cc(Br)cc1CN1CCC1. The number of nitrogen functional groups attached to an aromatic ring is 1. The molecule has 0 aliphatic carbocycles. The molecule has 0 unspecified atom stereocenters. The van der Waals surface area contributed by atoms with Gasteiger partial charge in [0.1, 0.15) is 0 Å². The summed E-state index contributed by atoms with van der Waals surface area (Å²) in [5.74, 6) is 0. The highest BCUT2D eigenvalue weighted by Gasteiger charge is 2.16. The van der Waals surface area contributed by atoms with Crippen molar-refractivity contribution in [1.82, 2.24) is 4.90 Å². The smallest absolute Gasteiger partial charge is 0.0504 e. The number of nitrogens with two attached hydrogens (primary N) is 1. The standard InChI is InChI=1S/C10H12Br2N2/c11-8-4-7(6-14-2-1-3-14)10(13)9(12)5-8/h4-5H,1-3,6,13H2. The lowest BCUT2D eigenvalue weighted by Crippen LogP contribution is -2.36. The van der Waals surface area contributed by atoms with E-state index >= 15 is 0 Å². The van der Waals surface area contributed by atoms with Gasteiger partial charge in [-0.25, -0.2) is 0 Å². The van der Waals surface area contributed by atoms with E-state index in [2.05, 4.69) is 42.8 Å². The van der Waals surface area contributed by atoms with Crippen LogP contribution in [0, 0.1) is 0 Å². The van der Waals surface area contributed by atoms with Crippen molar-refractivity contribution in [3.8, 4) is 0 Å². The molecule has 2 N–H and O–H groups in total. The van der Waals surface area contributed by atoms with Crippen molar-refractivity contribution in [3.63, 3.8) is 0 Å². The highest BCUT2D eigenvalue weighted by molar-refractivity contribution is 9.11. The van der Waals surface area contributed by atoms with E-state index in [-0.39, 0.29) is 0 Å². The number of anilines is 1. The lowest BCUT2D eigenvalue weighted by Gasteiger charge is -2.31. The van der Waals surface area contributed by atoms with Crippen LogP contribution < -0.4 is 5.73 Å². The molecule has 1 aliphatic heterocycles. The molecule has 76 valence electrons. The molecule has 0 aromatic heterocycles. The zero-order chi connectivity index (χ0) is 10.1. The Hall–Kier alpha value is -0.0600.